The van der Waals surface area contributed by atoms with Crippen LogP contribution in [0.5, 0.6) is 0 Å². The summed E-state index contributed by atoms with van der Waals surface area (Å²) in [4.78, 5) is 0. The monoisotopic (exact) mass is 362 g/mol. The Kier molecular flexibility index (Phi) is 4.39. The van der Waals surface area contributed by atoms with Gasteiger partial charge < -0.3 is 5.11 Å². The molecule has 1 nitrogen and oxygen atoms in total. The van der Waals surface area contributed by atoms with Crippen molar-refractivity contribution in [2.24, 2.45) is 0 Å². The van der Waals surface area contributed by atoms with E-state index in [9.17, 15) is 22.7 Å². The summed E-state index contributed by atoms with van der Waals surface area (Å²) in [5.41, 5.74) is 0.0827. The van der Waals surface area contributed by atoms with Crippen LogP contribution in [0.4, 0.5) is 17.6 Å². The molecule has 0 aromatic heterocycles. The highest BCUT2D eigenvalue weighted by Gasteiger charge is 2.31. The maximum atomic E-state index is 13.3. The molecule has 0 saturated heterocycles. The quantitative estimate of drug-likeness (QED) is 0.745. The van der Waals surface area contributed by atoms with E-state index < -0.39 is 23.7 Å². The average molecular weight is 363 g/mol. The molecular formula is C15H11BrF4O. The van der Waals surface area contributed by atoms with Crippen molar-refractivity contribution >= 4 is 15.9 Å². The molecule has 2 aromatic carbocycles. The fourth-order valence-corrected chi connectivity index (χ4v) is 2.55. The van der Waals surface area contributed by atoms with Crippen molar-refractivity contribution in [2.75, 3.05) is 0 Å². The molecule has 1 unspecified atom stereocenters. The van der Waals surface area contributed by atoms with Crippen molar-refractivity contribution in [1.29, 1.82) is 0 Å². The van der Waals surface area contributed by atoms with E-state index in [4.69, 9.17) is 0 Å². The SMILES string of the molecule is Cc1cc(C(F)(F)F)ccc1C(O)c1cc(F)cc(Br)c1. The Bertz CT molecular complexity index is 647. The van der Waals surface area contributed by atoms with Gasteiger partial charge in [-0.1, -0.05) is 22.0 Å². The molecule has 0 spiro atoms. The number of alkyl halides is 3. The van der Waals surface area contributed by atoms with Gasteiger partial charge in [0.25, 0.3) is 0 Å². The number of halogens is 5. The molecule has 0 amide bonds. The van der Waals surface area contributed by atoms with Crippen LogP contribution in [-0.2, 0) is 6.18 Å². The number of hydrogen-bond acceptors (Lipinski definition) is 1. The Balaban J connectivity index is 2.42. The van der Waals surface area contributed by atoms with Crippen molar-refractivity contribution in [3.05, 3.63) is 68.9 Å². The highest BCUT2D eigenvalue weighted by Crippen LogP contribution is 2.33. The molecule has 0 aliphatic rings. The normalized spacial score (nSPS) is 13.3. The molecule has 0 aliphatic heterocycles. The Morgan fingerprint density at radius 3 is 2.29 bits per heavy atom. The number of aliphatic hydroxyl groups excluding tert-OH is 1. The van der Waals surface area contributed by atoms with Crippen molar-refractivity contribution in [3.63, 3.8) is 0 Å². The number of aryl methyl sites for hydroxylation is 1. The van der Waals surface area contributed by atoms with Gasteiger partial charge in [-0.3, -0.25) is 0 Å². The van der Waals surface area contributed by atoms with Gasteiger partial charge in [-0.2, -0.15) is 13.2 Å². The van der Waals surface area contributed by atoms with E-state index in [2.05, 4.69) is 15.9 Å². The Morgan fingerprint density at radius 1 is 1.10 bits per heavy atom. The van der Waals surface area contributed by atoms with Crippen LogP contribution in [0, 0.1) is 12.7 Å². The van der Waals surface area contributed by atoms with Crippen molar-refractivity contribution < 1.29 is 22.7 Å². The van der Waals surface area contributed by atoms with Crippen molar-refractivity contribution in [3.8, 4) is 0 Å². The lowest BCUT2D eigenvalue weighted by atomic mass is 9.96. The minimum atomic E-state index is -4.43. The molecular weight excluding hydrogens is 352 g/mol. The van der Waals surface area contributed by atoms with Gasteiger partial charge in [-0.25, -0.2) is 4.39 Å². The number of aliphatic hydroxyl groups is 1. The van der Waals surface area contributed by atoms with Crippen molar-refractivity contribution in [1.82, 2.24) is 0 Å². The van der Waals surface area contributed by atoms with Crippen LogP contribution in [0.2, 0.25) is 0 Å². The second-order valence-corrected chi connectivity index (χ2v) is 5.59. The highest BCUT2D eigenvalue weighted by atomic mass is 79.9. The van der Waals surface area contributed by atoms with E-state index in [1.807, 2.05) is 0 Å². The molecule has 2 aromatic rings. The van der Waals surface area contributed by atoms with Gasteiger partial charge in [0.1, 0.15) is 11.9 Å². The molecule has 0 aliphatic carbocycles. The molecule has 6 heteroatoms. The molecule has 2 rings (SSSR count). The summed E-state index contributed by atoms with van der Waals surface area (Å²) >= 11 is 3.11. The largest absolute Gasteiger partial charge is 0.416 e. The fraction of sp³-hybridized carbons (Fsp3) is 0.200. The summed E-state index contributed by atoms with van der Waals surface area (Å²) in [7, 11) is 0. The zero-order valence-corrected chi connectivity index (χ0v) is 12.5. The van der Waals surface area contributed by atoms with Crippen LogP contribution in [0.15, 0.2) is 40.9 Å². The molecule has 112 valence electrons. The molecule has 0 bridgehead atoms. The first kappa shape index (κ1) is 16.0. The van der Waals surface area contributed by atoms with E-state index >= 15 is 0 Å². The third kappa shape index (κ3) is 3.63. The third-order valence-corrected chi connectivity index (χ3v) is 3.55. The van der Waals surface area contributed by atoms with E-state index in [1.165, 1.54) is 25.1 Å². The molecule has 21 heavy (non-hydrogen) atoms. The Hall–Kier alpha value is -1.40. The lowest BCUT2D eigenvalue weighted by Crippen LogP contribution is -2.08. The summed E-state index contributed by atoms with van der Waals surface area (Å²) in [6, 6.07) is 6.97. The van der Waals surface area contributed by atoms with E-state index in [0.717, 1.165) is 18.2 Å². The summed E-state index contributed by atoms with van der Waals surface area (Å²) in [5, 5.41) is 10.2. The zero-order chi connectivity index (χ0) is 15.8. The molecule has 0 heterocycles. The van der Waals surface area contributed by atoms with Gasteiger partial charge in [-0.05, 0) is 53.9 Å². The van der Waals surface area contributed by atoms with Crippen LogP contribution in [0.3, 0.4) is 0 Å². The molecule has 0 saturated carbocycles. The molecule has 1 atom stereocenters. The first-order valence-corrected chi connectivity index (χ1v) is 6.79. The van der Waals surface area contributed by atoms with Crippen LogP contribution >= 0.6 is 15.9 Å². The molecule has 0 radical (unpaired) electrons. The minimum Gasteiger partial charge on any atom is -0.384 e. The standard InChI is InChI=1S/C15H11BrF4O/c1-8-4-10(15(18,19)20)2-3-13(8)14(21)9-5-11(16)7-12(17)6-9/h2-7,14,21H,1H3. The van der Waals surface area contributed by atoms with E-state index in [0.29, 0.717) is 10.0 Å². The van der Waals surface area contributed by atoms with Crippen LogP contribution in [-0.4, -0.2) is 5.11 Å². The smallest absolute Gasteiger partial charge is 0.384 e. The molecule has 0 fully saturated rings. The number of benzene rings is 2. The van der Waals surface area contributed by atoms with E-state index in [1.54, 1.807) is 0 Å². The molecule has 1 N–H and O–H groups in total. The highest BCUT2D eigenvalue weighted by molar-refractivity contribution is 9.10. The predicted molar refractivity (Wildman–Crippen MR) is 74.3 cm³/mol. The average Bonchev–Trinajstić information content (AvgIpc) is 2.35. The lowest BCUT2D eigenvalue weighted by molar-refractivity contribution is -0.137. The van der Waals surface area contributed by atoms with Gasteiger partial charge in [-0.15, -0.1) is 0 Å². The van der Waals surface area contributed by atoms with Gasteiger partial charge in [0.05, 0.1) is 5.56 Å². The number of hydrogen-bond donors (Lipinski definition) is 1. The maximum Gasteiger partial charge on any atom is 0.416 e. The zero-order valence-electron chi connectivity index (χ0n) is 10.9. The maximum absolute atomic E-state index is 13.3. The predicted octanol–water partition coefficient (Wildman–Crippen LogP) is 5.00. The van der Waals surface area contributed by atoms with Crippen LogP contribution in [0.1, 0.15) is 28.4 Å². The van der Waals surface area contributed by atoms with Crippen LogP contribution < -0.4 is 0 Å². The first-order valence-electron chi connectivity index (χ1n) is 6.00. The van der Waals surface area contributed by atoms with Gasteiger partial charge in [0.2, 0.25) is 0 Å². The van der Waals surface area contributed by atoms with E-state index in [-0.39, 0.29) is 11.1 Å². The fourth-order valence-electron chi connectivity index (χ4n) is 2.07. The van der Waals surface area contributed by atoms with Crippen LogP contribution in [0.25, 0.3) is 0 Å². The van der Waals surface area contributed by atoms with Gasteiger partial charge in [0.15, 0.2) is 0 Å². The summed E-state index contributed by atoms with van der Waals surface area (Å²) in [5.74, 6) is -0.539. The summed E-state index contributed by atoms with van der Waals surface area (Å²) < 4.78 is 51.6. The van der Waals surface area contributed by atoms with Gasteiger partial charge in [0, 0.05) is 4.47 Å². The first-order chi connectivity index (χ1) is 9.68. The second-order valence-electron chi connectivity index (χ2n) is 4.67. The second kappa shape index (κ2) is 5.77. The lowest BCUT2D eigenvalue weighted by Gasteiger charge is -2.16. The van der Waals surface area contributed by atoms with Gasteiger partial charge >= 0.3 is 6.18 Å². The minimum absolute atomic E-state index is 0.268. The number of rotatable bonds is 2. The Labute approximate surface area is 127 Å². The Morgan fingerprint density at radius 2 is 1.76 bits per heavy atom. The summed E-state index contributed by atoms with van der Waals surface area (Å²) in [6.07, 6.45) is -5.63. The summed E-state index contributed by atoms with van der Waals surface area (Å²) in [6.45, 7) is 1.47. The van der Waals surface area contributed by atoms with Crippen molar-refractivity contribution in [2.45, 2.75) is 19.2 Å². The topological polar surface area (TPSA) is 20.2 Å². The third-order valence-electron chi connectivity index (χ3n) is 3.09.